The summed E-state index contributed by atoms with van der Waals surface area (Å²) in [6.45, 7) is 7.69. The molecule has 86 valence electrons. The molecule has 0 aliphatic heterocycles. The first-order valence-corrected chi connectivity index (χ1v) is 7.00. The number of nitrogens with zero attached hydrogens (tertiary/aromatic N) is 1. The number of sulfone groups is 1. The Morgan fingerprint density at radius 2 is 1.87 bits per heavy atom. The first-order valence-electron chi connectivity index (χ1n) is 5.11. The van der Waals surface area contributed by atoms with Gasteiger partial charge in [0.2, 0.25) is 0 Å². The van der Waals surface area contributed by atoms with Crippen LogP contribution in [0.2, 0.25) is 0 Å². The van der Waals surface area contributed by atoms with Crippen molar-refractivity contribution in [1.82, 2.24) is 4.98 Å². The molecule has 0 atom stereocenters. The van der Waals surface area contributed by atoms with Crippen LogP contribution in [0, 0.1) is 6.92 Å². The molecule has 0 aliphatic rings. The third kappa shape index (κ3) is 3.63. The summed E-state index contributed by atoms with van der Waals surface area (Å²) in [5.74, 6) is 0. The normalized spacial score (nSPS) is 10.5. The van der Waals surface area contributed by atoms with Gasteiger partial charge in [-0.2, -0.15) is 0 Å². The summed E-state index contributed by atoms with van der Waals surface area (Å²) < 4.78 is 22.8. The van der Waals surface area contributed by atoms with Crippen molar-refractivity contribution in [1.29, 1.82) is 0 Å². The highest BCUT2D eigenvalue weighted by Crippen LogP contribution is 2.18. The van der Waals surface area contributed by atoms with Crippen LogP contribution in [0.15, 0.2) is 17.2 Å². The first kappa shape index (κ1) is 14.1. The zero-order chi connectivity index (χ0) is 12.1. The lowest BCUT2D eigenvalue weighted by atomic mass is 10.2. The topological polar surface area (TPSA) is 47.0 Å². The predicted octanol–water partition coefficient (Wildman–Crippen LogP) is 2.38. The minimum Gasteiger partial charge on any atom is -0.260 e. The Bertz CT molecular complexity index is 411. The van der Waals surface area contributed by atoms with Crippen LogP contribution < -0.4 is 0 Å². The molecular weight excluding hydrogens is 210 g/mol. The van der Waals surface area contributed by atoms with Crippen molar-refractivity contribution in [2.45, 2.75) is 39.0 Å². The number of rotatable bonds is 2. The highest BCUT2D eigenvalue weighted by atomic mass is 32.2. The van der Waals surface area contributed by atoms with Crippen molar-refractivity contribution in [2.24, 2.45) is 0 Å². The standard InChI is InChI=1S/C9H13NO2S.C2H6/c1-4-8-9(13(3,11)12)7(2)5-6-10-8;1-2/h5-6H,4H2,1-3H3;1-2H3. The highest BCUT2D eigenvalue weighted by Gasteiger charge is 2.15. The molecule has 0 unspecified atom stereocenters. The van der Waals surface area contributed by atoms with Gasteiger partial charge >= 0.3 is 0 Å². The molecule has 0 spiro atoms. The molecule has 0 saturated heterocycles. The Labute approximate surface area is 92.5 Å². The largest absolute Gasteiger partial charge is 0.260 e. The number of aryl methyl sites for hydroxylation is 2. The van der Waals surface area contributed by atoms with E-state index >= 15 is 0 Å². The van der Waals surface area contributed by atoms with Crippen LogP contribution in [-0.2, 0) is 16.3 Å². The quantitative estimate of drug-likeness (QED) is 0.782. The van der Waals surface area contributed by atoms with Crippen LogP contribution in [0.1, 0.15) is 32.0 Å². The van der Waals surface area contributed by atoms with E-state index in [-0.39, 0.29) is 0 Å². The van der Waals surface area contributed by atoms with Gasteiger partial charge in [0.25, 0.3) is 0 Å². The minimum atomic E-state index is -3.14. The molecule has 0 aliphatic carbocycles. The zero-order valence-electron chi connectivity index (χ0n) is 10.0. The summed E-state index contributed by atoms with van der Waals surface area (Å²) >= 11 is 0. The van der Waals surface area contributed by atoms with E-state index in [0.717, 1.165) is 5.56 Å². The molecule has 0 saturated carbocycles. The van der Waals surface area contributed by atoms with Crippen molar-refractivity contribution in [3.05, 3.63) is 23.5 Å². The lowest BCUT2D eigenvalue weighted by Gasteiger charge is -2.07. The van der Waals surface area contributed by atoms with Crippen LogP contribution in [0.4, 0.5) is 0 Å². The second-order valence-corrected chi connectivity index (χ2v) is 4.98. The van der Waals surface area contributed by atoms with Crippen LogP contribution in [0.5, 0.6) is 0 Å². The van der Waals surface area contributed by atoms with Crippen LogP contribution in [-0.4, -0.2) is 19.7 Å². The molecular formula is C11H19NO2S. The lowest BCUT2D eigenvalue weighted by molar-refractivity contribution is 0.599. The Morgan fingerprint density at radius 3 is 2.20 bits per heavy atom. The predicted molar refractivity (Wildman–Crippen MR) is 62.8 cm³/mol. The molecule has 15 heavy (non-hydrogen) atoms. The number of aromatic nitrogens is 1. The highest BCUT2D eigenvalue weighted by molar-refractivity contribution is 7.90. The van der Waals surface area contributed by atoms with Gasteiger partial charge in [-0.15, -0.1) is 0 Å². The van der Waals surface area contributed by atoms with Crippen LogP contribution in [0.3, 0.4) is 0 Å². The van der Waals surface area contributed by atoms with E-state index in [2.05, 4.69) is 4.98 Å². The molecule has 0 N–H and O–H groups in total. The van der Waals surface area contributed by atoms with Gasteiger partial charge in [0.1, 0.15) is 0 Å². The number of hydrogen-bond acceptors (Lipinski definition) is 3. The maximum Gasteiger partial charge on any atom is 0.177 e. The van der Waals surface area contributed by atoms with E-state index in [9.17, 15) is 8.42 Å². The van der Waals surface area contributed by atoms with Gasteiger partial charge in [0.05, 0.1) is 10.6 Å². The Balaban J connectivity index is 0.000000921. The van der Waals surface area contributed by atoms with Crippen molar-refractivity contribution >= 4 is 9.84 Å². The van der Waals surface area contributed by atoms with E-state index in [1.807, 2.05) is 20.8 Å². The molecule has 0 amide bonds. The molecule has 0 fully saturated rings. The van der Waals surface area contributed by atoms with Gasteiger partial charge in [-0.05, 0) is 25.0 Å². The smallest absolute Gasteiger partial charge is 0.177 e. The fourth-order valence-corrected chi connectivity index (χ4v) is 2.64. The summed E-state index contributed by atoms with van der Waals surface area (Å²) in [6.07, 6.45) is 3.50. The average molecular weight is 229 g/mol. The van der Waals surface area contributed by atoms with Gasteiger partial charge < -0.3 is 0 Å². The molecule has 1 heterocycles. The third-order valence-corrected chi connectivity index (χ3v) is 3.18. The number of hydrogen-bond donors (Lipinski definition) is 0. The summed E-state index contributed by atoms with van der Waals surface area (Å²) in [6, 6.07) is 1.72. The molecule has 1 rings (SSSR count). The van der Waals surface area contributed by atoms with E-state index in [4.69, 9.17) is 0 Å². The van der Waals surface area contributed by atoms with Gasteiger partial charge in [-0.25, -0.2) is 8.42 Å². The second kappa shape index (κ2) is 5.85. The van der Waals surface area contributed by atoms with Crippen molar-refractivity contribution in [3.63, 3.8) is 0 Å². The van der Waals surface area contributed by atoms with Gasteiger partial charge in [-0.1, -0.05) is 20.8 Å². The molecule has 0 radical (unpaired) electrons. The van der Waals surface area contributed by atoms with Gasteiger partial charge in [0.15, 0.2) is 9.84 Å². The molecule has 0 bridgehead atoms. The molecule has 4 heteroatoms. The van der Waals surface area contributed by atoms with E-state index in [0.29, 0.717) is 17.0 Å². The van der Waals surface area contributed by atoms with Crippen LogP contribution >= 0.6 is 0 Å². The summed E-state index contributed by atoms with van der Waals surface area (Å²) in [5, 5.41) is 0. The maximum atomic E-state index is 11.4. The van der Waals surface area contributed by atoms with Crippen molar-refractivity contribution in [2.75, 3.05) is 6.26 Å². The molecule has 1 aromatic rings. The van der Waals surface area contributed by atoms with Crippen LogP contribution in [0.25, 0.3) is 0 Å². The zero-order valence-corrected chi connectivity index (χ0v) is 10.9. The second-order valence-electron chi connectivity index (χ2n) is 3.03. The molecule has 0 aromatic carbocycles. The Kier molecular flexibility index (Phi) is 5.50. The van der Waals surface area contributed by atoms with Gasteiger partial charge in [0, 0.05) is 12.5 Å². The third-order valence-electron chi connectivity index (χ3n) is 1.88. The van der Waals surface area contributed by atoms with Crippen molar-refractivity contribution in [3.8, 4) is 0 Å². The SMILES string of the molecule is CC.CCc1nccc(C)c1S(C)(=O)=O. The minimum absolute atomic E-state index is 0.387. The lowest BCUT2D eigenvalue weighted by Crippen LogP contribution is -2.06. The summed E-state index contributed by atoms with van der Waals surface area (Å²) in [5.41, 5.74) is 1.43. The summed E-state index contributed by atoms with van der Waals surface area (Å²) in [4.78, 5) is 4.43. The monoisotopic (exact) mass is 229 g/mol. The first-order chi connectivity index (χ1) is 6.96. The fraction of sp³-hybridized carbons (Fsp3) is 0.545. The van der Waals surface area contributed by atoms with E-state index in [1.54, 1.807) is 19.2 Å². The van der Waals surface area contributed by atoms with Crippen molar-refractivity contribution < 1.29 is 8.42 Å². The molecule has 3 nitrogen and oxygen atoms in total. The molecule has 1 aromatic heterocycles. The van der Waals surface area contributed by atoms with E-state index in [1.165, 1.54) is 6.26 Å². The Hall–Kier alpha value is -0.900. The van der Waals surface area contributed by atoms with E-state index < -0.39 is 9.84 Å². The fourth-order valence-electron chi connectivity index (χ4n) is 1.36. The summed E-state index contributed by atoms with van der Waals surface area (Å²) in [7, 11) is -3.14. The number of pyridine rings is 1. The average Bonchev–Trinajstić information content (AvgIpc) is 2.18. The maximum absolute atomic E-state index is 11.4. The van der Waals surface area contributed by atoms with Gasteiger partial charge in [-0.3, -0.25) is 4.98 Å². The Morgan fingerprint density at radius 1 is 1.33 bits per heavy atom.